The number of nitrogens with one attached hydrogen (secondary N) is 1. The molecule has 0 saturated carbocycles. The van der Waals surface area contributed by atoms with E-state index in [-0.39, 0.29) is 24.2 Å². The lowest BCUT2D eigenvalue weighted by Crippen LogP contribution is -2.21. The topological polar surface area (TPSA) is 77.6 Å². The van der Waals surface area contributed by atoms with E-state index in [1.54, 1.807) is 16.8 Å². The third-order valence-corrected chi connectivity index (χ3v) is 3.42. The van der Waals surface area contributed by atoms with E-state index in [9.17, 15) is 9.18 Å². The zero-order chi connectivity index (χ0) is 17.1. The van der Waals surface area contributed by atoms with Crippen molar-refractivity contribution in [1.82, 2.24) is 24.5 Å². The van der Waals surface area contributed by atoms with Crippen LogP contribution in [-0.4, -0.2) is 30.5 Å². The number of hydrogen-bond acceptors (Lipinski definition) is 4. The maximum atomic E-state index is 13.2. The van der Waals surface area contributed by atoms with Crippen molar-refractivity contribution in [3.8, 4) is 0 Å². The largest absolute Gasteiger partial charge is 0.292 e. The Hall–Kier alpha value is -3.03. The van der Waals surface area contributed by atoms with Crippen LogP contribution in [0.4, 0.5) is 10.3 Å². The van der Waals surface area contributed by atoms with Crippen molar-refractivity contribution in [3.63, 3.8) is 0 Å². The minimum atomic E-state index is -0.300. The molecule has 0 aliphatic rings. The fourth-order valence-corrected chi connectivity index (χ4v) is 2.39. The molecule has 8 heteroatoms. The SMILES string of the molecule is Cc1cc(C)n(CC(=O)Nc2ncn(Cc3cccc(F)c3)n2)n1. The van der Waals surface area contributed by atoms with E-state index in [2.05, 4.69) is 20.5 Å². The molecule has 0 aliphatic heterocycles. The Kier molecular flexibility index (Phi) is 4.37. The molecule has 0 aliphatic carbocycles. The second-order valence-corrected chi connectivity index (χ2v) is 5.53. The van der Waals surface area contributed by atoms with Crippen molar-refractivity contribution >= 4 is 11.9 Å². The monoisotopic (exact) mass is 328 g/mol. The van der Waals surface area contributed by atoms with Crippen molar-refractivity contribution < 1.29 is 9.18 Å². The van der Waals surface area contributed by atoms with Gasteiger partial charge < -0.3 is 0 Å². The summed E-state index contributed by atoms with van der Waals surface area (Å²) in [4.78, 5) is 16.1. The summed E-state index contributed by atoms with van der Waals surface area (Å²) < 4.78 is 16.3. The van der Waals surface area contributed by atoms with Crippen LogP contribution in [0.5, 0.6) is 0 Å². The third kappa shape index (κ3) is 3.83. The minimum Gasteiger partial charge on any atom is -0.292 e. The molecule has 7 nitrogen and oxygen atoms in total. The molecule has 1 aromatic carbocycles. The van der Waals surface area contributed by atoms with Gasteiger partial charge in [0, 0.05) is 5.69 Å². The van der Waals surface area contributed by atoms with Gasteiger partial charge in [0.1, 0.15) is 18.7 Å². The quantitative estimate of drug-likeness (QED) is 0.776. The number of benzene rings is 1. The molecule has 124 valence electrons. The van der Waals surface area contributed by atoms with Crippen LogP contribution in [-0.2, 0) is 17.9 Å². The molecule has 24 heavy (non-hydrogen) atoms. The van der Waals surface area contributed by atoms with Gasteiger partial charge in [-0.25, -0.2) is 14.1 Å². The summed E-state index contributed by atoms with van der Waals surface area (Å²) in [7, 11) is 0. The number of aromatic nitrogens is 5. The first kappa shape index (κ1) is 15.9. The molecule has 0 saturated heterocycles. The number of amides is 1. The Balaban J connectivity index is 1.61. The van der Waals surface area contributed by atoms with Gasteiger partial charge in [0.05, 0.1) is 12.2 Å². The summed E-state index contributed by atoms with van der Waals surface area (Å²) in [5, 5.41) is 11.0. The number of carbonyl (C=O) groups excluding carboxylic acids is 1. The van der Waals surface area contributed by atoms with Crippen LogP contribution >= 0.6 is 0 Å². The zero-order valence-electron chi connectivity index (χ0n) is 13.4. The first-order chi connectivity index (χ1) is 11.5. The van der Waals surface area contributed by atoms with Crippen molar-refractivity contribution in [2.75, 3.05) is 5.32 Å². The molecule has 1 N–H and O–H groups in total. The maximum absolute atomic E-state index is 13.2. The van der Waals surface area contributed by atoms with Crippen LogP contribution in [0.15, 0.2) is 36.7 Å². The lowest BCUT2D eigenvalue weighted by Gasteiger charge is -2.04. The number of rotatable bonds is 5. The molecule has 3 rings (SSSR count). The smallest absolute Gasteiger partial charge is 0.248 e. The molecule has 0 bridgehead atoms. The second kappa shape index (κ2) is 6.61. The lowest BCUT2D eigenvalue weighted by atomic mass is 10.2. The summed E-state index contributed by atoms with van der Waals surface area (Å²) in [6, 6.07) is 8.15. The van der Waals surface area contributed by atoms with Crippen LogP contribution in [0.3, 0.4) is 0 Å². The van der Waals surface area contributed by atoms with Gasteiger partial charge in [0.2, 0.25) is 11.9 Å². The van der Waals surface area contributed by atoms with Crippen LogP contribution in [0.25, 0.3) is 0 Å². The summed E-state index contributed by atoms with van der Waals surface area (Å²) in [5.41, 5.74) is 2.53. The molecule has 0 unspecified atom stereocenters. The maximum Gasteiger partial charge on any atom is 0.248 e. The average Bonchev–Trinajstić information content (AvgIpc) is 3.05. The summed E-state index contributed by atoms with van der Waals surface area (Å²) in [6.45, 7) is 4.23. The van der Waals surface area contributed by atoms with Crippen molar-refractivity contribution in [2.24, 2.45) is 0 Å². The normalized spacial score (nSPS) is 10.8. The van der Waals surface area contributed by atoms with Crippen LogP contribution in [0.2, 0.25) is 0 Å². The van der Waals surface area contributed by atoms with Gasteiger partial charge in [-0.2, -0.15) is 5.10 Å². The molecule has 2 heterocycles. The molecule has 0 atom stereocenters. The summed E-state index contributed by atoms with van der Waals surface area (Å²) >= 11 is 0. The fraction of sp³-hybridized carbons (Fsp3) is 0.250. The first-order valence-electron chi connectivity index (χ1n) is 7.44. The van der Waals surface area contributed by atoms with Crippen LogP contribution in [0, 0.1) is 19.7 Å². The molecular weight excluding hydrogens is 311 g/mol. The van der Waals surface area contributed by atoms with E-state index < -0.39 is 0 Å². The number of nitrogens with zero attached hydrogens (tertiary/aromatic N) is 5. The summed E-state index contributed by atoms with van der Waals surface area (Å²) in [5.74, 6) is -0.353. The van der Waals surface area contributed by atoms with Gasteiger partial charge in [-0.1, -0.05) is 12.1 Å². The van der Waals surface area contributed by atoms with E-state index in [4.69, 9.17) is 0 Å². The third-order valence-electron chi connectivity index (χ3n) is 3.42. The Morgan fingerprint density at radius 3 is 2.79 bits per heavy atom. The van der Waals surface area contributed by atoms with Crippen molar-refractivity contribution in [1.29, 1.82) is 0 Å². The molecule has 2 aromatic heterocycles. The number of carbonyl (C=O) groups is 1. The highest BCUT2D eigenvalue weighted by Crippen LogP contribution is 2.07. The van der Waals surface area contributed by atoms with Gasteiger partial charge in [0.15, 0.2) is 0 Å². The highest BCUT2D eigenvalue weighted by atomic mass is 19.1. The standard InChI is InChI=1S/C16H17FN6O/c1-11-6-12(2)23(20-11)9-15(24)19-16-18-10-22(21-16)8-13-4-3-5-14(17)7-13/h3-7,10H,8-9H2,1-2H3,(H,19,21,24). The van der Waals surface area contributed by atoms with Gasteiger partial charge in [0.25, 0.3) is 0 Å². The van der Waals surface area contributed by atoms with E-state index in [1.807, 2.05) is 19.9 Å². The second-order valence-electron chi connectivity index (χ2n) is 5.53. The highest BCUT2D eigenvalue weighted by molar-refractivity contribution is 5.88. The molecule has 0 radical (unpaired) electrons. The predicted molar refractivity (Wildman–Crippen MR) is 85.9 cm³/mol. The minimum absolute atomic E-state index is 0.0953. The lowest BCUT2D eigenvalue weighted by molar-refractivity contribution is -0.117. The number of anilines is 1. The van der Waals surface area contributed by atoms with Gasteiger partial charge >= 0.3 is 0 Å². The molecule has 3 aromatic rings. The molecular formula is C16H17FN6O. The van der Waals surface area contributed by atoms with Crippen molar-refractivity contribution in [3.05, 3.63) is 59.4 Å². The molecule has 1 amide bonds. The zero-order valence-corrected chi connectivity index (χ0v) is 13.4. The molecule has 0 fully saturated rings. The average molecular weight is 328 g/mol. The van der Waals surface area contributed by atoms with Gasteiger partial charge in [-0.15, -0.1) is 5.10 Å². The van der Waals surface area contributed by atoms with E-state index in [1.165, 1.54) is 23.1 Å². The summed E-state index contributed by atoms with van der Waals surface area (Å²) in [6.07, 6.45) is 1.49. The molecule has 0 spiro atoms. The predicted octanol–water partition coefficient (Wildman–Crippen LogP) is 1.92. The first-order valence-corrected chi connectivity index (χ1v) is 7.44. The Labute approximate surface area is 138 Å². The fourth-order valence-electron chi connectivity index (χ4n) is 2.39. The van der Waals surface area contributed by atoms with E-state index in [0.29, 0.717) is 6.54 Å². The van der Waals surface area contributed by atoms with E-state index in [0.717, 1.165) is 17.0 Å². The van der Waals surface area contributed by atoms with Gasteiger partial charge in [-0.05, 0) is 37.6 Å². The Morgan fingerprint density at radius 2 is 2.08 bits per heavy atom. The Bertz CT molecular complexity index is 869. The van der Waals surface area contributed by atoms with Gasteiger partial charge in [-0.3, -0.25) is 14.8 Å². The number of aryl methyl sites for hydroxylation is 2. The van der Waals surface area contributed by atoms with E-state index >= 15 is 0 Å². The number of hydrogen-bond donors (Lipinski definition) is 1. The Morgan fingerprint density at radius 1 is 1.25 bits per heavy atom. The highest BCUT2D eigenvalue weighted by Gasteiger charge is 2.10. The van der Waals surface area contributed by atoms with Crippen LogP contribution < -0.4 is 5.32 Å². The van der Waals surface area contributed by atoms with Crippen LogP contribution in [0.1, 0.15) is 17.0 Å². The number of halogens is 1. The van der Waals surface area contributed by atoms with Crippen molar-refractivity contribution in [2.45, 2.75) is 26.9 Å².